The maximum Gasteiger partial charge on any atom is 0.228 e. The minimum Gasteiger partial charge on any atom is -0.310 e. The molecule has 15 heavy (non-hydrogen) atoms. The maximum atomic E-state index is 11.5. The predicted molar refractivity (Wildman–Crippen MR) is 59.7 cm³/mol. The molecule has 1 aromatic heterocycles. The quantitative estimate of drug-likeness (QED) is 0.822. The minimum atomic E-state index is -0.00335. The molecule has 0 radical (unpaired) electrons. The number of carbonyl (C=O) groups excluding carboxylic acids is 1. The van der Waals surface area contributed by atoms with Gasteiger partial charge in [0.2, 0.25) is 5.91 Å². The largest absolute Gasteiger partial charge is 0.310 e. The highest BCUT2D eigenvalue weighted by atomic mass is 16.1. The van der Waals surface area contributed by atoms with Gasteiger partial charge in [-0.15, -0.1) is 0 Å². The van der Waals surface area contributed by atoms with Gasteiger partial charge in [-0.2, -0.15) is 0 Å². The normalized spacial score (nSPS) is 15.4. The van der Waals surface area contributed by atoms with E-state index >= 15 is 0 Å². The number of pyridine rings is 1. The molecule has 1 saturated carbocycles. The fourth-order valence-electron chi connectivity index (χ4n) is 1.46. The van der Waals surface area contributed by atoms with Crippen molar-refractivity contribution >= 4 is 11.7 Å². The molecule has 1 aliphatic rings. The van der Waals surface area contributed by atoms with Crippen molar-refractivity contribution in [2.24, 2.45) is 5.92 Å². The summed E-state index contributed by atoms with van der Waals surface area (Å²) in [5.41, 5.74) is 1.30. The third kappa shape index (κ3) is 2.55. The van der Waals surface area contributed by atoms with Crippen LogP contribution in [-0.2, 0) is 4.79 Å². The Hall–Kier alpha value is -1.38. The molecular formula is C12H16N2O. The van der Waals surface area contributed by atoms with Crippen LogP contribution in [0.25, 0.3) is 0 Å². The van der Waals surface area contributed by atoms with Gasteiger partial charge in [0.25, 0.3) is 0 Å². The average Bonchev–Trinajstić information content (AvgIpc) is 3.01. The lowest BCUT2D eigenvalue weighted by Gasteiger charge is -2.07. The zero-order valence-corrected chi connectivity index (χ0v) is 9.16. The molecule has 1 fully saturated rings. The van der Waals surface area contributed by atoms with Crippen LogP contribution in [0, 0.1) is 5.92 Å². The van der Waals surface area contributed by atoms with E-state index in [1.807, 2.05) is 26.0 Å². The lowest BCUT2D eigenvalue weighted by Crippen LogP contribution is -2.18. The molecule has 2 rings (SSSR count). The number of anilines is 1. The van der Waals surface area contributed by atoms with Crippen molar-refractivity contribution < 1.29 is 4.79 Å². The third-order valence-corrected chi connectivity index (χ3v) is 2.61. The molecule has 0 atom stereocenters. The Morgan fingerprint density at radius 2 is 2.27 bits per heavy atom. The van der Waals surface area contributed by atoms with E-state index in [4.69, 9.17) is 0 Å². The summed E-state index contributed by atoms with van der Waals surface area (Å²) in [7, 11) is 0. The van der Waals surface area contributed by atoms with E-state index in [1.54, 1.807) is 6.20 Å². The number of carbonyl (C=O) groups is 1. The van der Waals surface area contributed by atoms with Crippen LogP contribution in [0.1, 0.15) is 38.2 Å². The Bertz CT molecular complexity index is 370. The summed E-state index contributed by atoms with van der Waals surface area (Å²) in [5, 5.41) is 2.81. The van der Waals surface area contributed by atoms with Crippen LogP contribution in [0.5, 0.6) is 0 Å². The Labute approximate surface area is 89.9 Å². The van der Waals surface area contributed by atoms with Crippen LogP contribution in [0.4, 0.5) is 5.82 Å². The van der Waals surface area contributed by atoms with E-state index in [1.165, 1.54) is 18.4 Å². The second-order valence-corrected chi connectivity index (χ2v) is 4.39. The summed E-state index contributed by atoms with van der Waals surface area (Å²) in [6, 6.07) is 4.01. The molecule has 80 valence electrons. The highest BCUT2D eigenvalue weighted by Crippen LogP contribution is 2.40. The van der Waals surface area contributed by atoms with Crippen molar-refractivity contribution in [1.82, 2.24) is 4.98 Å². The van der Waals surface area contributed by atoms with Gasteiger partial charge in [0.05, 0.1) is 0 Å². The first-order chi connectivity index (χ1) is 7.16. The number of nitrogens with zero attached hydrogens (tertiary/aromatic N) is 1. The molecule has 0 aliphatic heterocycles. The zero-order chi connectivity index (χ0) is 10.8. The minimum absolute atomic E-state index is 0.00335. The Morgan fingerprint density at radius 1 is 1.53 bits per heavy atom. The van der Waals surface area contributed by atoms with E-state index in [-0.39, 0.29) is 11.8 Å². The lowest BCUT2D eigenvalue weighted by molar-refractivity contribution is -0.118. The van der Waals surface area contributed by atoms with Gasteiger partial charge in [-0.3, -0.25) is 4.79 Å². The molecule has 0 aromatic carbocycles. The SMILES string of the molecule is CC(C)C(=O)Nc1cc(C2CC2)ccn1. The van der Waals surface area contributed by atoms with E-state index in [0.717, 1.165) is 0 Å². The number of amides is 1. The van der Waals surface area contributed by atoms with Gasteiger partial charge in [0.1, 0.15) is 5.82 Å². The number of hydrogen-bond acceptors (Lipinski definition) is 2. The van der Waals surface area contributed by atoms with Gasteiger partial charge < -0.3 is 5.32 Å². The van der Waals surface area contributed by atoms with Crippen LogP contribution >= 0.6 is 0 Å². The zero-order valence-electron chi connectivity index (χ0n) is 9.16. The van der Waals surface area contributed by atoms with Gasteiger partial charge in [-0.25, -0.2) is 4.98 Å². The number of nitrogens with one attached hydrogen (secondary N) is 1. The van der Waals surface area contributed by atoms with Crippen molar-refractivity contribution in [3.8, 4) is 0 Å². The molecule has 1 N–H and O–H groups in total. The van der Waals surface area contributed by atoms with Crippen molar-refractivity contribution in [1.29, 1.82) is 0 Å². The van der Waals surface area contributed by atoms with Crippen molar-refractivity contribution in [3.05, 3.63) is 23.9 Å². The molecule has 1 heterocycles. The molecule has 0 unspecified atom stereocenters. The monoisotopic (exact) mass is 204 g/mol. The first-order valence-electron chi connectivity index (χ1n) is 5.43. The van der Waals surface area contributed by atoms with Crippen molar-refractivity contribution in [2.75, 3.05) is 5.32 Å². The van der Waals surface area contributed by atoms with E-state index < -0.39 is 0 Å². The average molecular weight is 204 g/mol. The van der Waals surface area contributed by atoms with Gasteiger partial charge in [-0.1, -0.05) is 13.8 Å². The molecule has 1 aromatic rings. The standard InChI is InChI=1S/C12H16N2O/c1-8(2)12(15)14-11-7-10(5-6-13-11)9-3-4-9/h5-9H,3-4H2,1-2H3,(H,13,14,15). The second-order valence-electron chi connectivity index (χ2n) is 4.39. The summed E-state index contributed by atoms with van der Waals surface area (Å²) in [5.74, 6) is 1.40. The molecule has 1 amide bonds. The van der Waals surface area contributed by atoms with E-state index in [9.17, 15) is 4.79 Å². The Morgan fingerprint density at radius 3 is 2.87 bits per heavy atom. The molecule has 0 saturated heterocycles. The predicted octanol–water partition coefficient (Wildman–Crippen LogP) is 2.55. The molecular weight excluding hydrogens is 188 g/mol. The van der Waals surface area contributed by atoms with Gasteiger partial charge in [0.15, 0.2) is 0 Å². The van der Waals surface area contributed by atoms with Gasteiger partial charge >= 0.3 is 0 Å². The van der Waals surface area contributed by atoms with Crippen LogP contribution in [0.3, 0.4) is 0 Å². The van der Waals surface area contributed by atoms with Gasteiger partial charge in [0, 0.05) is 12.1 Å². The second kappa shape index (κ2) is 4.01. The summed E-state index contributed by atoms with van der Waals surface area (Å²) >= 11 is 0. The van der Waals surface area contributed by atoms with Crippen LogP contribution in [0.2, 0.25) is 0 Å². The van der Waals surface area contributed by atoms with E-state index in [2.05, 4.69) is 10.3 Å². The lowest BCUT2D eigenvalue weighted by atomic mass is 10.1. The maximum absolute atomic E-state index is 11.5. The van der Waals surface area contributed by atoms with E-state index in [0.29, 0.717) is 11.7 Å². The van der Waals surface area contributed by atoms with Crippen LogP contribution < -0.4 is 5.32 Å². The van der Waals surface area contributed by atoms with Crippen molar-refractivity contribution in [2.45, 2.75) is 32.6 Å². The molecule has 1 aliphatic carbocycles. The molecule has 0 bridgehead atoms. The Kier molecular flexibility index (Phi) is 2.71. The first-order valence-corrected chi connectivity index (χ1v) is 5.43. The van der Waals surface area contributed by atoms with Crippen LogP contribution in [-0.4, -0.2) is 10.9 Å². The number of rotatable bonds is 3. The fraction of sp³-hybridized carbons (Fsp3) is 0.500. The summed E-state index contributed by atoms with van der Waals surface area (Å²) in [4.78, 5) is 15.6. The molecule has 3 heteroatoms. The van der Waals surface area contributed by atoms with Crippen molar-refractivity contribution in [3.63, 3.8) is 0 Å². The molecule has 0 spiro atoms. The summed E-state index contributed by atoms with van der Waals surface area (Å²) in [6.07, 6.45) is 4.30. The topological polar surface area (TPSA) is 42.0 Å². The van der Waals surface area contributed by atoms with Crippen LogP contribution in [0.15, 0.2) is 18.3 Å². The third-order valence-electron chi connectivity index (χ3n) is 2.61. The highest BCUT2D eigenvalue weighted by Gasteiger charge is 2.23. The molecule has 3 nitrogen and oxygen atoms in total. The highest BCUT2D eigenvalue weighted by molar-refractivity contribution is 5.91. The fourth-order valence-corrected chi connectivity index (χ4v) is 1.46. The first kappa shape index (κ1) is 10.1. The Balaban J connectivity index is 2.07. The van der Waals surface area contributed by atoms with Gasteiger partial charge in [-0.05, 0) is 36.5 Å². The number of aromatic nitrogens is 1. The summed E-state index contributed by atoms with van der Waals surface area (Å²) in [6.45, 7) is 3.75. The number of hydrogen-bond donors (Lipinski definition) is 1. The summed E-state index contributed by atoms with van der Waals surface area (Å²) < 4.78 is 0. The smallest absolute Gasteiger partial charge is 0.228 e.